The third-order valence-electron chi connectivity index (χ3n) is 4.36. The highest BCUT2D eigenvalue weighted by atomic mass is 16.3. The van der Waals surface area contributed by atoms with E-state index in [4.69, 9.17) is 0 Å². The number of aryl methyl sites for hydroxylation is 1. The van der Waals surface area contributed by atoms with Crippen molar-refractivity contribution < 1.29 is 9.90 Å². The average molecular weight is 310 g/mol. The minimum atomic E-state index is 0.0203. The van der Waals surface area contributed by atoms with Crippen LogP contribution in [0.4, 0.5) is 5.69 Å². The second-order valence-electron chi connectivity index (χ2n) is 6.19. The van der Waals surface area contributed by atoms with E-state index in [-0.39, 0.29) is 17.6 Å². The van der Waals surface area contributed by atoms with Crippen molar-refractivity contribution in [2.75, 3.05) is 18.4 Å². The smallest absolute Gasteiger partial charge is 0.228 e. The minimum Gasteiger partial charge on any atom is -0.508 e. The number of phenolic OH excluding ortho intramolecular Hbond substituents is 1. The van der Waals surface area contributed by atoms with Crippen molar-refractivity contribution in [3.8, 4) is 5.75 Å². The number of likely N-dealkylation sites (tertiary alicyclic amines) is 1. The molecule has 1 heterocycles. The van der Waals surface area contributed by atoms with Gasteiger partial charge in [-0.25, -0.2) is 0 Å². The maximum Gasteiger partial charge on any atom is 0.228 e. The number of nitrogens with zero attached hydrogens (tertiary/aromatic N) is 1. The Morgan fingerprint density at radius 2 is 2.04 bits per heavy atom. The van der Waals surface area contributed by atoms with E-state index in [9.17, 15) is 9.90 Å². The summed E-state index contributed by atoms with van der Waals surface area (Å²) in [4.78, 5) is 14.8. The summed E-state index contributed by atoms with van der Waals surface area (Å²) in [5, 5.41) is 12.4. The van der Waals surface area contributed by atoms with Crippen LogP contribution in [0.5, 0.6) is 5.75 Å². The number of benzene rings is 2. The van der Waals surface area contributed by atoms with Gasteiger partial charge in [0.25, 0.3) is 0 Å². The number of carbonyl (C=O) groups is 1. The van der Waals surface area contributed by atoms with Crippen LogP contribution in [0.25, 0.3) is 0 Å². The molecule has 2 N–H and O–H groups in total. The van der Waals surface area contributed by atoms with Crippen LogP contribution in [0, 0.1) is 12.8 Å². The number of hydrogen-bond acceptors (Lipinski definition) is 3. The van der Waals surface area contributed by atoms with Crippen LogP contribution >= 0.6 is 0 Å². The molecule has 120 valence electrons. The molecule has 1 unspecified atom stereocenters. The van der Waals surface area contributed by atoms with Gasteiger partial charge in [0.05, 0.1) is 5.92 Å². The zero-order valence-electron chi connectivity index (χ0n) is 13.3. The number of phenols is 1. The van der Waals surface area contributed by atoms with Gasteiger partial charge in [0.1, 0.15) is 5.75 Å². The van der Waals surface area contributed by atoms with Crippen LogP contribution in [-0.4, -0.2) is 29.0 Å². The fraction of sp³-hybridized carbons (Fsp3) is 0.316. The van der Waals surface area contributed by atoms with Gasteiger partial charge in [0.2, 0.25) is 5.91 Å². The van der Waals surface area contributed by atoms with Crippen LogP contribution in [0.1, 0.15) is 17.5 Å². The minimum absolute atomic E-state index is 0.0203. The number of rotatable bonds is 4. The molecule has 0 spiro atoms. The number of hydrogen-bond donors (Lipinski definition) is 2. The Morgan fingerprint density at radius 1 is 1.26 bits per heavy atom. The number of anilines is 1. The number of amides is 1. The molecule has 4 heteroatoms. The molecule has 3 rings (SSSR count). The lowest BCUT2D eigenvalue weighted by Crippen LogP contribution is -2.27. The molecule has 1 saturated heterocycles. The van der Waals surface area contributed by atoms with Crippen molar-refractivity contribution >= 4 is 11.6 Å². The van der Waals surface area contributed by atoms with Gasteiger partial charge in [-0.1, -0.05) is 30.3 Å². The zero-order chi connectivity index (χ0) is 16.2. The summed E-state index contributed by atoms with van der Waals surface area (Å²) >= 11 is 0. The fourth-order valence-electron chi connectivity index (χ4n) is 3.05. The summed E-state index contributed by atoms with van der Waals surface area (Å²) in [5.41, 5.74) is 2.93. The molecule has 23 heavy (non-hydrogen) atoms. The first-order valence-electron chi connectivity index (χ1n) is 7.98. The largest absolute Gasteiger partial charge is 0.508 e. The van der Waals surface area contributed by atoms with E-state index in [1.807, 2.05) is 25.1 Å². The topological polar surface area (TPSA) is 52.6 Å². The van der Waals surface area contributed by atoms with E-state index in [2.05, 4.69) is 22.3 Å². The molecule has 0 aliphatic carbocycles. The van der Waals surface area contributed by atoms with Crippen molar-refractivity contribution in [3.63, 3.8) is 0 Å². The third-order valence-corrected chi connectivity index (χ3v) is 4.36. The molecular formula is C19H22N2O2. The highest BCUT2D eigenvalue weighted by Crippen LogP contribution is 2.23. The Labute approximate surface area is 136 Å². The van der Waals surface area contributed by atoms with Gasteiger partial charge in [-0.15, -0.1) is 0 Å². The Bertz CT molecular complexity index is 685. The van der Waals surface area contributed by atoms with Gasteiger partial charge in [-0.05, 0) is 49.2 Å². The van der Waals surface area contributed by atoms with E-state index in [1.165, 1.54) is 5.56 Å². The van der Waals surface area contributed by atoms with Gasteiger partial charge in [-0.2, -0.15) is 0 Å². The van der Waals surface area contributed by atoms with E-state index >= 15 is 0 Å². The van der Waals surface area contributed by atoms with Crippen LogP contribution in [-0.2, 0) is 11.3 Å². The predicted molar refractivity (Wildman–Crippen MR) is 91.3 cm³/mol. The molecule has 4 nitrogen and oxygen atoms in total. The molecular weight excluding hydrogens is 288 g/mol. The molecule has 0 radical (unpaired) electrons. The summed E-state index contributed by atoms with van der Waals surface area (Å²) in [6, 6.07) is 15.3. The van der Waals surface area contributed by atoms with Crippen molar-refractivity contribution in [1.82, 2.24) is 4.90 Å². The lowest BCUT2D eigenvalue weighted by Gasteiger charge is -2.16. The Balaban J connectivity index is 1.57. The molecule has 0 bridgehead atoms. The van der Waals surface area contributed by atoms with Gasteiger partial charge >= 0.3 is 0 Å². The number of carbonyl (C=O) groups excluding carboxylic acids is 1. The quantitative estimate of drug-likeness (QED) is 0.853. The molecule has 1 aliphatic rings. The summed E-state index contributed by atoms with van der Waals surface area (Å²) in [6.07, 6.45) is 0.885. The molecule has 2 aromatic rings. The first kappa shape index (κ1) is 15.6. The zero-order valence-corrected chi connectivity index (χ0v) is 13.3. The number of nitrogens with one attached hydrogen (secondary N) is 1. The first-order valence-corrected chi connectivity index (χ1v) is 7.98. The summed E-state index contributed by atoms with van der Waals surface area (Å²) in [6.45, 7) is 4.51. The molecule has 2 aromatic carbocycles. The lowest BCUT2D eigenvalue weighted by molar-refractivity contribution is -0.119. The van der Waals surface area contributed by atoms with Crippen LogP contribution < -0.4 is 5.32 Å². The maximum absolute atomic E-state index is 12.4. The predicted octanol–water partition coefficient (Wildman–Crippen LogP) is 3.16. The highest BCUT2D eigenvalue weighted by Gasteiger charge is 2.28. The van der Waals surface area contributed by atoms with Crippen molar-refractivity contribution in [2.24, 2.45) is 5.92 Å². The molecule has 1 aliphatic heterocycles. The average Bonchev–Trinajstić information content (AvgIpc) is 3.00. The van der Waals surface area contributed by atoms with Crippen molar-refractivity contribution in [2.45, 2.75) is 19.9 Å². The Morgan fingerprint density at radius 3 is 2.78 bits per heavy atom. The van der Waals surface area contributed by atoms with Crippen LogP contribution in [0.15, 0.2) is 48.5 Å². The molecule has 0 saturated carbocycles. The summed E-state index contributed by atoms with van der Waals surface area (Å²) < 4.78 is 0. The molecule has 1 amide bonds. The van der Waals surface area contributed by atoms with Crippen molar-refractivity contribution in [1.29, 1.82) is 0 Å². The Kier molecular flexibility index (Phi) is 4.63. The first-order chi connectivity index (χ1) is 11.1. The fourth-order valence-corrected chi connectivity index (χ4v) is 3.05. The highest BCUT2D eigenvalue weighted by molar-refractivity contribution is 5.93. The van der Waals surface area contributed by atoms with E-state index in [0.717, 1.165) is 37.3 Å². The molecule has 1 atom stereocenters. The van der Waals surface area contributed by atoms with Crippen LogP contribution in [0.3, 0.4) is 0 Å². The third kappa shape index (κ3) is 3.90. The van der Waals surface area contributed by atoms with E-state index in [0.29, 0.717) is 0 Å². The number of aromatic hydroxyl groups is 1. The summed E-state index contributed by atoms with van der Waals surface area (Å²) in [5.74, 6) is 0.302. The second kappa shape index (κ2) is 6.84. The van der Waals surface area contributed by atoms with Gasteiger partial charge in [0, 0.05) is 18.8 Å². The Hall–Kier alpha value is -2.33. The standard InChI is InChI=1S/C19H22N2O2/c1-14-11-17(22)7-8-18(14)20-19(23)16-9-10-21(13-16)12-15-5-3-2-4-6-15/h2-8,11,16,22H,9-10,12-13H2,1H3,(H,20,23). The van der Waals surface area contributed by atoms with Crippen molar-refractivity contribution in [3.05, 3.63) is 59.7 Å². The van der Waals surface area contributed by atoms with Gasteiger partial charge < -0.3 is 10.4 Å². The molecule has 1 fully saturated rings. The van der Waals surface area contributed by atoms with Crippen LogP contribution in [0.2, 0.25) is 0 Å². The SMILES string of the molecule is Cc1cc(O)ccc1NC(=O)C1CCN(Cc2ccccc2)C1. The van der Waals surface area contributed by atoms with E-state index < -0.39 is 0 Å². The van der Waals surface area contributed by atoms with E-state index in [1.54, 1.807) is 18.2 Å². The van der Waals surface area contributed by atoms with Gasteiger partial charge in [-0.3, -0.25) is 9.69 Å². The molecule has 0 aromatic heterocycles. The summed E-state index contributed by atoms with van der Waals surface area (Å²) in [7, 11) is 0. The second-order valence-corrected chi connectivity index (χ2v) is 6.19. The lowest BCUT2D eigenvalue weighted by atomic mass is 10.1. The monoisotopic (exact) mass is 310 g/mol. The maximum atomic E-state index is 12.4. The van der Waals surface area contributed by atoms with Gasteiger partial charge in [0.15, 0.2) is 0 Å². The normalized spacial score (nSPS) is 18.0.